The van der Waals surface area contributed by atoms with Crippen LogP contribution in [0.15, 0.2) is 48.5 Å². The molecule has 0 spiro atoms. The highest BCUT2D eigenvalue weighted by Crippen LogP contribution is 2.17. The van der Waals surface area contributed by atoms with Crippen LogP contribution in [0.1, 0.15) is 34.3 Å². The Kier molecular flexibility index (Phi) is 5.32. The molecular formula is C20H21N3O2. The van der Waals surface area contributed by atoms with Gasteiger partial charge in [0.25, 0.3) is 5.91 Å². The first kappa shape index (κ1) is 17.0. The Balaban J connectivity index is 1.64. The van der Waals surface area contributed by atoms with Crippen LogP contribution in [0.2, 0.25) is 0 Å². The Morgan fingerprint density at radius 2 is 2.08 bits per heavy atom. The van der Waals surface area contributed by atoms with E-state index in [-0.39, 0.29) is 5.91 Å². The minimum atomic E-state index is -0.421. The molecule has 3 rings (SSSR count). The molecule has 25 heavy (non-hydrogen) atoms. The maximum absolute atomic E-state index is 12.6. The van der Waals surface area contributed by atoms with Crippen molar-refractivity contribution in [3.8, 4) is 6.07 Å². The number of aliphatic hydroxyl groups excluding tert-OH is 1. The third-order valence-corrected chi connectivity index (χ3v) is 4.37. The van der Waals surface area contributed by atoms with Crippen LogP contribution in [0.25, 0.3) is 0 Å². The Morgan fingerprint density at radius 3 is 2.80 bits per heavy atom. The Morgan fingerprint density at radius 1 is 1.28 bits per heavy atom. The van der Waals surface area contributed by atoms with Gasteiger partial charge in [-0.15, -0.1) is 0 Å². The molecule has 1 saturated heterocycles. The Hall–Kier alpha value is -2.84. The number of nitriles is 1. The van der Waals surface area contributed by atoms with E-state index < -0.39 is 6.10 Å². The van der Waals surface area contributed by atoms with Gasteiger partial charge in [0.05, 0.1) is 17.7 Å². The minimum Gasteiger partial charge on any atom is -0.391 e. The molecular weight excluding hydrogens is 314 g/mol. The van der Waals surface area contributed by atoms with Crippen molar-refractivity contribution >= 4 is 11.6 Å². The third kappa shape index (κ3) is 4.37. The first-order valence-electron chi connectivity index (χ1n) is 8.46. The first-order valence-corrected chi connectivity index (χ1v) is 8.46. The average molecular weight is 335 g/mol. The molecule has 1 atom stereocenters. The van der Waals surface area contributed by atoms with Gasteiger partial charge in [-0.2, -0.15) is 5.26 Å². The van der Waals surface area contributed by atoms with Crippen molar-refractivity contribution in [2.24, 2.45) is 0 Å². The SMILES string of the molecule is N#Cc1ccc(CNc2cccc(C(=O)N3CCCC(O)C3)c2)cc1. The molecule has 0 aromatic heterocycles. The van der Waals surface area contributed by atoms with Gasteiger partial charge in [-0.3, -0.25) is 4.79 Å². The lowest BCUT2D eigenvalue weighted by molar-refractivity contribution is 0.0474. The van der Waals surface area contributed by atoms with Crippen molar-refractivity contribution in [3.05, 3.63) is 65.2 Å². The van der Waals surface area contributed by atoms with Gasteiger partial charge in [-0.05, 0) is 48.7 Å². The number of amides is 1. The van der Waals surface area contributed by atoms with E-state index in [1.807, 2.05) is 30.3 Å². The summed E-state index contributed by atoms with van der Waals surface area (Å²) in [6, 6.07) is 16.9. The zero-order valence-electron chi connectivity index (χ0n) is 14.0. The monoisotopic (exact) mass is 335 g/mol. The fourth-order valence-corrected chi connectivity index (χ4v) is 2.99. The highest BCUT2D eigenvalue weighted by atomic mass is 16.3. The summed E-state index contributed by atoms with van der Waals surface area (Å²) in [7, 11) is 0. The maximum atomic E-state index is 12.6. The Bertz CT molecular complexity index is 780. The van der Waals surface area contributed by atoms with Gasteiger partial charge < -0.3 is 15.3 Å². The van der Waals surface area contributed by atoms with Gasteiger partial charge in [-0.1, -0.05) is 18.2 Å². The minimum absolute atomic E-state index is 0.0410. The van der Waals surface area contributed by atoms with Crippen molar-refractivity contribution in [2.75, 3.05) is 18.4 Å². The lowest BCUT2D eigenvalue weighted by Gasteiger charge is -2.30. The van der Waals surface area contributed by atoms with Crippen LogP contribution in [0.4, 0.5) is 5.69 Å². The number of piperidine rings is 1. The van der Waals surface area contributed by atoms with E-state index in [4.69, 9.17) is 5.26 Å². The average Bonchev–Trinajstić information content (AvgIpc) is 2.66. The van der Waals surface area contributed by atoms with Crippen molar-refractivity contribution in [3.63, 3.8) is 0 Å². The van der Waals surface area contributed by atoms with Gasteiger partial charge in [-0.25, -0.2) is 0 Å². The number of hydrogen-bond donors (Lipinski definition) is 2. The normalized spacial score (nSPS) is 17.0. The number of anilines is 1. The van der Waals surface area contributed by atoms with E-state index >= 15 is 0 Å². The number of likely N-dealkylation sites (tertiary alicyclic amines) is 1. The van der Waals surface area contributed by atoms with Crippen LogP contribution in [0.5, 0.6) is 0 Å². The molecule has 2 N–H and O–H groups in total. The summed E-state index contributed by atoms with van der Waals surface area (Å²) in [4.78, 5) is 14.3. The third-order valence-electron chi connectivity index (χ3n) is 4.37. The number of benzene rings is 2. The summed E-state index contributed by atoms with van der Waals surface area (Å²) in [5.41, 5.74) is 3.20. The molecule has 1 unspecified atom stereocenters. The molecule has 0 bridgehead atoms. The number of carbonyl (C=O) groups excluding carboxylic acids is 1. The second-order valence-corrected chi connectivity index (χ2v) is 6.29. The lowest BCUT2D eigenvalue weighted by Crippen LogP contribution is -2.42. The van der Waals surface area contributed by atoms with Crippen molar-refractivity contribution in [1.82, 2.24) is 4.90 Å². The number of β-amino-alcohol motifs (C(OH)–C–C–N with tert-alkyl or cyclic N) is 1. The summed E-state index contributed by atoms with van der Waals surface area (Å²) < 4.78 is 0. The van der Waals surface area contributed by atoms with E-state index in [0.717, 1.165) is 24.1 Å². The Labute approximate surface area is 147 Å². The second kappa shape index (κ2) is 7.82. The number of aliphatic hydroxyl groups is 1. The van der Waals surface area contributed by atoms with Gasteiger partial charge in [0.15, 0.2) is 0 Å². The van der Waals surface area contributed by atoms with E-state index in [0.29, 0.717) is 30.8 Å². The molecule has 1 heterocycles. The highest BCUT2D eigenvalue weighted by Gasteiger charge is 2.23. The number of carbonyl (C=O) groups is 1. The van der Waals surface area contributed by atoms with E-state index in [1.54, 1.807) is 23.1 Å². The van der Waals surface area contributed by atoms with Crippen LogP contribution >= 0.6 is 0 Å². The van der Waals surface area contributed by atoms with E-state index in [9.17, 15) is 9.90 Å². The van der Waals surface area contributed by atoms with Crippen LogP contribution in [-0.4, -0.2) is 35.1 Å². The standard InChI is InChI=1S/C20H21N3O2/c21-12-15-6-8-16(9-7-15)13-22-18-4-1-3-17(11-18)20(25)23-10-2-5-19(24)14-23/h1,3-4,6-9,11,19,22,24H,2,5,10,13-14H2. The molecule has 128 valence electrons. The smallest absolute Gasteiger partial charge is 0.254 e. The molecule has 0 aliphatic carbocycles. The second-order valence-electron chi connectivity index (χ2n) is 6.29. The van der Waals surface area contributed by atoms with Crippen LogP contribution in [0.3, 0.4) is 0 Å². The molecule has 1 aliphatic rings. The lowest BCUT2D eigenvalue weighted by atomic mass is 10.1. The number of nitrogens with one attached hydrogen (secondary N) is 1. The maximum Gasteiger partial charge on any atom is 0.254 e. The highest BCUT2D eigenvalue weighted by molar-refractivity contribution is 5.95. The summed E-state index contributed by atoms with van der Waals surface area (Å²) in [6.45, 7) is 1.71. The molecule has 5 nitrogen and oxygen atoms in total. The zero-order valence-corrected chi connectivity index (χ0v) is 14.0. The predicted octanol–water partition coefficient (Wildman–Crippen LogP) is 2.77. The summed E-state index contributed by atoms with van der Waals surface area (Å²) in [5.74, 6) is -0.0410. The van der Waals surface area contributed by atoms with Crippen LogP contribution in [-0.2, 0) is 6.54 Å². The van der Waals surface area contributed by atoms with Gasteiger partial charge in [0.2, 0.25) is 0 Å². The largest absolute Gasteiger partial charge is 0.391 e. The quantitative estimate of drug-likeness (QED) is 0.901. The molecule has 2 aromatic carbocycles. The van der Waals surface area contributed by atoms with Crippen LogP contribution < -0.4 is 5.32 Å². The van der Waals surface area contributed by atoms with Gasteiger partial charge in [0.1, 0.15) is 0 Å². The first-order chi connectivity index (χ1) is 12.2. The number of nitrogens with zero attached hydrogens (tertiary/aromatic N) is 2. The van der Waals surface area contributed by atoms with E-state index in [1.165, 1.54) is 0 Å². The number of hydrogen-bond acceptors (Lipinski definition) is 4. The van der Waals surface area contributed by atoms with Crippen molar-refractivity contribution in [1.29, 1.82) is 5.26 Å². The van der Waals surface area contributed by atoms with Crippen LogP contribution in [0, 0.1) is 11.3 Å². The van der Waals surface area contributed by atoms with E-state index in [2.05, 4.69) is 11.4 Å². The topological polar surface area (TPSA) is 76.4 Å². The van der Waals surface area contributed by atoms with Gasteiger partial charge >= 0.3 is 0 Å². The molecule has 0 radical (unpaired) electrons. The summed E-state index contributed by atoms with van der Waals surface area (Å²) in [5, 5.41) is 21.9. The van der Waals surface area contributed by atoms with Crippen molar-refractivity contribution < 1.29 is 9.90 Å². The summed E-state index contributed by atoms with van der Waals surface area (Å²) in [6.07, 6.45) is 1.18. The van der Waals surface area contributed by atoms with Crippen molar-refractivity contribution in [2.45, 2.75) is 25.5 Å². The number of rotatable bonds is 4. The zero-order chi connectivity index (χ0) is 17.6. The molecule has 0 saturated carbocycles. The molecule has 1 amide bonds. The van der Waals surface area contributed by atoms with Gasteiger partial charge in [0, 0.05) is 30.9 Å². The molecule has 2 aromatic rings. The molecule has 1 aliphatic heterocycles. The predicted molar refractivity (Wildman–Crippen MR) is 96.1 cm³/mol. The summed E-state index contributed by atoms with van der Waals surface area (Å²) >= 11 is 0. The molecule has 1 fully saturated rings. The molecule has 5 heteroatoms. The fraction of sp³-hybridized carbons (Fsp3) is 0.300. The fourth-order valence-electron chi connectivity index (χ4n) is 2.99.